The van der Waals surface area contributed by atoms with Crippen molar-refractivity contribution < 1.29 is 24.5 Å². The van der Waals surface area contributed by atoms with E-state index < -0.39 is 42.4 Å². The number of aromatic nitrogens is 2. The van der Waals surface area contributed by atoms with E-state index in [2.05, 4.69) is 15.0 Å². The third kappa shape index (κ3) is 2.95. The average molecular weight is 315 g/mol. The smallest absolute Gasteiger partial charge is 0.330 e. The minimum absolute atomic E-state index is 0.0573. The SMILES string of the molecule is CON=Cc1cn([C@@H]2O[C@H](CO)[C@H](O)[C@H]2OC)c(=O)[nH]c1=O. The van der Waals surface area contributed by atoms with E-state index in [0.29, 0.717) is 0 Å². The molecule has 0 aromatic carbocycles. The van der Waals surface area contributed by atoms with E-state index in [0.717, 1.165) is 10.8 Å². The fourth-order valence-electron chi connectivity index (χ4n) is 2.24. The van der Waals surface area contributed by atoms with Gasteiger partial charge in [-0.1, -0.05) is 5.16 Å². The summed E-state index contributed by atoms with van der Waals surface area (Å²) in [7, 11) is 2.65. The lowest BCUT2D eigenvalue weighted by Crippen LogP contribution is -2.39. The first kappa shape index (κ1) is 16.4. The van der Waals surface area contributed by atoms with Gasteiger partial charge < -0.3 is 24.5 Å². The van der Waals surface area contributed by atoms with Crippen LogP contribution in [0, 0.1) is 0 Å². The van der Waals surface area contributed by atoms with Crippen LogP contribution in [0.25, 0.3) is 0 Å². The second kappa shape index (κ2) is 6.83. The van der Waals surface area contributed by atoms with E-state index in [9.17, 15) is 19.8 Å². The number of aliphatic hydroxyl groups is 2. The zero-order valence-electron chi connectivity index (χ0n) is 12.0. The molecular weight excluding hydrogens is 298 g/mol. The van der Waals surface area contributed by atoms with Gasteiger partial charge in [0.15, 0.2) is 6.23 Å². The number of nitrogens with zero attached hydrogens (tertiary/aromatic N) is 2. The van der Waals surface area contributed by atoms with Crippen LogP contribution in [0.4, 0.5) is 0 Å². The van der Waals surface area contributed by atoms with Crippen LogP contribution in [0.3, 0.4) is 0 Å². The zero-order valence-corrected chi connectivity index (χ0v) is 12.0. The summed E-state index contributed by atoms with van der Waals surface area (Å²) in [5, 5.41) is 22.6. The number of ether oxygens (including phenoxy) is 2. The minimum Gasteiger partial charge on any atom is -0.399 e. The molecule has 0 unspecified atom stereocenters. The maximum atomic E-state index is 12.0. The van der Waals surface area contributed by atoms with E-state index in [4.69, 9.17) is 9.47 Å². The molecule has 0 aliphatic carbocycles. The van der Waals surface area contributed by atoms with Crippen molar-refractivity contribution in [3.63, 3.8) is 0 Å². The van der Waals surface area contributed by atoms with Crippen LogP contribution in [0.1, 0.15) is 11.8 Å². The molecule has 4 atom stereocenters. The molecule has 22 heavy (non-hydrogen) atoms. The van der Waals surface area contributed by atoms with Crippen molar-refractivity contribution in [2.75, 3.05) is 20.8 Å². The summed E-state index contributed by atoms with van der Waals surface area (Å²) in [5.41, 5.74) is -1.33. The lowest BCUT2D eigenvalue weighted by molar-refractivity contribution is -0.0625. The zero-order chi connectivity index (χ0) is 16.3. The van der Waals surface area contributed by atoms with Crippen molar-refractivity contribution in [2.45, 2.75) is 24.5 Å². The van der Waals surface area contributed by atoms with Gasteiger partial charge in [-0.05, 0) is 0 Å². The predicted octanol–water partition coefficient (Wildman–Crippen LogP) is -2.22. The van der Waals surface area contributed by atoms with Gasteiger partial charge in [-0.25, -0.2) is 4.79 Å². The Morgan fingerprint density at radius 3 is 2.82 bits per heavy atom. The fraction of sp³-hybridized carbons (Fsp3) is 0.583. The molecule has 0 radical (unpaired) electrons. The fourth-order valence-corrected chi connectivity index (χ4v) is 2.24. The van der Waals surface area contributed by atoms with Crippen molar-refractivity contribution in [1.29, 1.82) is 0 Å². The normalized spacial score (nSPS) is 28.4. The summed E-state index contributed by atoms with van der Waals surface area (Å²) in [6.45, 7) is -0.437. The molecule has 10 nitrogen and oxygen atoms in total. The number of nitrogens with one attached hydrogen (secondary N) is 1. The molecule has 3 N–H and O–H groups in total. The average Bonchev–Trinajstić information content (AvgIpc) is 2.82. The number of aliphatic hydroxyl groups excluding tert-OH is 2. The molecule has 0 bridgehead atoms. The first-order chi connectivity index (χ1) is 10.5. The Kier molecular flexibility index (Phi) is 5.08. The molecule has 2 heterocycles. The molecule has 1 saturated heterocycles. The second-order valence-electron chi connectivity index (χ2n) is 4.61. The highest BCUT2D eigenvalue weighted by molar-refractivity contribution is 5.77. The Morgan fingerprint density at radius 2 is 2.23 bits per heavy atom. The van der Waals surface area contributed by atoms with Crippen molar-refractivity contribution in [2.24, 2.45) is 5.16 Å². The van der Waals surface area contributed by atoms with Gasteiger partial charge in [0.05, 0.1) is 18.4 Å². The predicted molar refractivity (Wildman–Crippen MR) is 73.7 cm³/mol. The maximum Gasteiger partial charge on any atom is 0.330 e. The van der Waals surface area contributed by atoms with Crippen molar-refractivity contribution in [3.05, 3.63) is 32.6 Å². The molecule has 1 aromatic heterocycles. The number of hydrogen-bond donors (Lipinski definition) is 3. The van der Waals surface area contributed by atoms with Gasteiger partial charge in [-0.2, -0.15) is 0 Å². The van der Waals surface area contributed by atoms with Gasteiger partial charge in [0.1, 0.15) is 25.4 Å². The molecule has 0 amide bonds. The minimum atomic E-state index is -1.12. The molecule has 1 aliphatic heterocycles. The van der Waals surface area contributed by atoms with Crippen molar-refractivity contribution in [3.8, 4) is 0 Å². The number of aromatic amines is 1. The molecule has 0 spiro atoms. The number of rotatable bonds is 5. The number of hydrogen-bond acceptors (Lipinski definition) is 8. The van der Waals surface area contributed by atoms with E-state index >= 15 is 0 Å². The van der Waals surface area contributed by atoms with Gasteiger partial charge in [0, 0.05) is 13.3 Å². The van der Waals surface area contributed by atoms with Gasteiger partial charge in [0.2, 0.25) is 0 Å². The van der Waals surface area contributed by atoms with Crippen molar-refractivity contribution >= 4 is 6.21 Å². The molecule has 0 saturated carbocycles. The summed E-state index contributed by atoms with van der Waals surface area (Å²) in [6, 6.07) is 0. The first-order valence-electron chi connectivity index (χ1n) is 6.42. The monoisotopic (exact) mass is 315 g/mol. The third-order valence-corrected chi connectivity index (χ3v) is 3.33. The summed E-state index contributed by atoms with van der Waals surface area (Å²) in [4.78, 5) is 30.2. The van der Waals surface area contributed by atoms with Crippen LogP contribution in [0.5, 0.6) is 0 Å². The first-order valence-corrected chi connectivity index (χ1v) is 6.42. The Balaban J connectivity index is 2.45. The Bertz CT molecular complexity index is 653. The number of oxime groups is 1. The van der Waals surface area contributed by atoms with Crippen molar-refractivity contribution in [1.82, 2.24) is 9.55 Å². The lowest BCUT2D eigenvalue weighted by Gasteiger charge is -2.20. The lowest BCUT2D eigenvalue weighted by atomic mass is 10.1. The Hall–Kier alpha value is -2.01. The molecule has 122 valence electrons. The van der Waals surface area contributed by atoms with Crippen LogP contribution in [0.15, 0.2) is 20.9 Å². The summed E-state index contributed by atoms with van der Waals surface area (Å²) in [6.07, 6.45) is -1.55. The standard InChI is InChI=1S/C12H17N3O7/c1-20-9-8(17)7(5-16)22-11(9)15-4-6(3-13-21-2)10(18)14-12(15)19/h3-4,7-9,11,16-17H,5H2,1-2H3,(H,14,18,19)/t7-,8+,9-,11-/m1/s1. The summed E-state index contributed by atoms with van der Waals surface area (Å²) in [5.74, 6) is 0. The van der Waals surface area contributed by atoms with Crippen LogP contribution < -0.4 is 11.2 Å². The highest BCUT2D eigenvalue weighted by Gasteiger charge is 2.45. The van der Waals surface area contributed by atoms with E-state index in [1.165, 1.54) is 20.4 Å². The third-order valence-electron chi connectivity index (χ3n) is 3.33. The molecule has 1 aliphatic rings. The number of H-pyrrole nitrogens is 1. The van der Waals surface area contributed by atoms with Gasteiger partial charge in [0.25, 0.3) is 5.56 Å². The summed E-state index contributed by atoms with van der Waals surface area (Å²) >= 11 is 0. The van der Waals surface area contributed by atoms with Crippen LogP contribution in [0.2, 0.25) is 0 Å². The maximum absolute atomic E-state index is 12.0. The van der Waals surface area contributed by atoms with Gasteiger partial charge in [-0.15, -0.1) is 0 Å². The Morgan fingerprint density at radius 1 is 1.50 bits per heavy atom. The van der Waals surface area contributed by atoms with E-state index in [-0.39, 0.29) is 5.56 Å². The Labute approximate surface area is 124 Å². The highest BCUT2D eigenvalue weighted by atomic mass is 16.6. The number of methoxy groups -OCH3 is 1. The molecule has 1 fully saturated rings. The highest BCUT2D eigenvalue weighted by Crippen LogP contribution is 2.30. The van der Waals surface area contributed by atoms with E-state index in [1.807, 2.05) is 0 Å². The molecular formula is C12H17N3O7. The van der Waals surface area contributed by atoms with Crippen LogP contribution in [-0.4, -0.2) is 65.1 Å². The molecule has 10 heteroatoms. The van der Waals surface area contributed by atoms with E-state index in [1.54, 1.807) is 0 Å². The topological polar surface area (TPSA) is 135 Å². The second-order valence-corrected chi connectivity index (χ2v) is 4.61. The quantitative estimate of drug-likeness (QED) is 0.414. The molecule has 2 rings (SSSR count). The van der Waals surface area contributed by atoms with Gasteiger partial charge in [-0.3, -0.25) is 14.3 Å². The largest absolute Gasteiger partial charge is 0.399 e. The molecule has 1 aromatic rings. The van der Waals surface area contributed by atoms with Gasteiger partial charge >= 0.3 is 5.69 Å². The summed E-state index contributed by atoms with van der Waals surface area (Å²) < 4.78 is 11.6. The van der Waals surface area contributed by atoms with Crippen LogP contribution >= 0.6 is 0 Å². The van der Waals surface area contributed by atoms with Crippen LogP contribution in [-0.2, 0) is 14.3 Å².